The zero-order valence-electron chi connectivity index (χ0n) is 18.6. The van der Waals surface area contributed by atoms with E-state index in [9.17, 15) is 13.2 Å². The van der Waals surface area contributed by atoms with Crippen LogP contribution < -0.4 is 11.2 Å². The Balaban J connectivity index is 1.36. The summed E-state index contributed by atoms with van der Waals surface area (Å²) in [7, 11) is -3.57. The molecule has 1 saturated carbocycles. The molecule has 0 radical (unpaired) electrons. The van der Waals surface area contributed by atoms with Crippen LogP contribution in [-0.2, 0) is 19.6 Å². The Hall–Kier alpha value is -2.15. The molecule has 33 heavy (non-hydrogen) atoms. The quantitative estimate of drug-likeness (QED) is 0.442. The summed E-state index contributed by atoms with van der Waals surface area (Å²) in [6.07, 6.45) is 5.71. The van der Waals surface area contributed by atoms with Crippen molar-refractivity contribution in [1.82, 2.24) is 19.2 Å². The summed E-state index contributed by atoms with van der Waals surface area (Å²) in [4.78, 5) is 12.9. The van der Waals surface area contributed by atoms with Gasteiger partial charge in [-0.05, 0) is 44.0 Å². The third-order valence-electron chi connectivity index (χ3n) is 6.04. The lowest BCUT2D eigenvalue weighted by Crippen LogP contribution is -2.40. The van der Waals surface area contributed by atoms with Crippen molar-refractivity contribution >= 4 is 33.4 Å². The van der Waals surface area contributed by atoms with E-state index >= 15 is 0 Å². The van der Waals surface area contributed by atoms with Gasteiger partial charge in [-0.25, -0.2) is 13.1 Å². The van der Waals surface area contributed by atoms with Crippen LogP contribution >= 0.6 is 11.8 Å². The SMILES string of the molecule is CC(Sc1nnc(C2CCCCC2)n1N)C(=O)Nc1ccc(S(=O)(=O)N2CCOCC2)cc1. The highest BCUT2D eigenvalue weighted by atomic mass is 32.2. The van der Waals surface area contributed by atoms with Crippen molar-refractivity contribution in [3.05, 3.63) is 30.1 Å². The molecule has 1 saturated heterocycles. The highest BCUT2D eigenvalue weighted by Gasteiger charge is 2.27. The first-order chi connectivity index (χ1) is 15.9. The van der Waals surface area contributed by atoms with Gasteiger partial charge in [-0.3, -0.25) is 4.79 Å². The van der Waals surface area contributed by atoms with Crippen molar-refractivity contribution in [2.75, 3.05) is 37.5 Å². The molecule has 1 amide bonds. The number of hydrogen-bond donors (Lipinski definition) is 2. The van der Waals surface area contributed by atoms with Crippen molar-refractivity contribution in [3.63, 3.8) is 0 Å². The summed E-state index contributed by atoms with van der Waals surface area (Å²) in [6, 6.07) is 6.20. The van der Waals surface area contributed by atoms with E-state index in [2.05, 4.69) is 15.5 Å². The first-order valence-electron chi connectivity index (χ1n) is 11.2. The summed E-state index contributed by atoms with van der Waals surface area (Å²) in [6.45, 7) is 3.23. The third-order valence-corrected chi connectivity index (χ3v) is 9.01. The van der Waals surface area contributed by atoms with Crippen LogP contribution in [0.25, 0.3) is 0 Å². The molecule has 1 unspecified atom stereocenters. The van der Waals surface area contributed by atoms with Crippen LogP contribution in [-0.4, -0.2) is 65.1 Å². The van der Waals surface area contributed by atoms with E-state index in [1.165, 1.54) is 52.1 Å². The number of thioether (sulfide) groups is 1. The van der Waals surface area contributed by atoms with E-state index in [0.717, 1.165) is 18.7 Å². The van der Waals surface area contributed by atoms with Crippen molar-refractivity contribution in [1.29, 1.82) is 0 Å². The monoisotopic (exact) mass is 494 g/mol. The minimum atomic E-state index is -3.57. The fourth-order valence-corrected chi connectivity index (χ4v) is 6.29. The second-order valence-electron chi connectivity index (χ2n) is 8.34. The molecule has 2 aromatic rings. The van der Waals surface area contributed by atoms with E-state index in [1.54, 1.807) is 19.1 Å². The lowest BCUT2D eigenvalue weighted by Gasteiger charge is -2.26. The smallest absolute Gasteiger partial charge is 0.243 e. The number of nitrogens with two attached hydrogens (primary N) is 1. The number of carbonyl (C=O) groups excluding carboxylic acids is 1. The average Bonchev–Trinajstić information content (AvgIpc) is 3.20. The van der Waals surface area contributed by atoms with Gasteiger partial charge in [0.25, 0.3) is 0 Å². The molecule has 2 aliphatic rings. The Morgan fingerprint density at radius 3 is 2.48 bits per heavy atom. The summed E-state index contributed by atoms with van der Waals surface area (Å²) in [5.74, 6) is 7.09. The highest BCUT2D eigenvalue weighted by molar-refractivity contribution is 8.00. The van der Waals surface area contributed by atoms with Crippen LogP contribution in [0.15, 0.2) is 34.3 Å². The second-order valence-corrected chi connectivity index (χ2v) is 11.6. The highest BCUT2D eigenvalue weighted by Crippen LogP contribution is 2.33. The minimum absolute atomic E-state index is 0.191. The molecule has 1 aliphatic carbocycles. The van der Waals surface area contributed by atoms with Crippen molar-refractivity contribution in [2.24, 2.45) is 0 Å². The fourth-order valence-electron chi connectivity index (χ4n) is 4.11. The Bertz CT molecular complexity index is 1060. The van der Waals surface area contributed by atoms with Gasteiger partial charge in [0, 0.05) is 24.7 Å². The van der Waals surface area contributed by atoms with E-state index < -0.39 is 15.3 Å². The molecule has 1 aliphatic heterocycles. The standard InChI is InChI=1S/C21H30N6O4S2/c1-15(32-21-25-24-19(27(21)22)16-5-3-2-4-6-16)20(28)23-17-7-9-18(10-8-17)33(29,30)26-11-13-31-14-12-26/h7-10,15-16H,2-6,11-14,22H2,1H3,(H,23,28). The molecule has 3 N–H and O–H groups in total. The van der Waals surface area contributed by atoms with Gasteiger partial charge in [0.2, 0.25) is 21.1 Å². The van der Waals surface area contributed by atoms with Gasteiger partial charge in [0.05, 0.1) is 23.4 Å². The van der Waals surface area contributed by atoms with Crippen LogP contribution in [0.5, 0.6) is 0 Å². The zero-order chi connectivity index (χ0) is 23.4. The molecule has 2 fully saturated rings. The number of nitrogens with zero attached hydrogens (tertiary/aromatic N) is 4. The Labute approximate surface area is 198 Å². The van der Waals surface area contributed by atoms with Crippen LogP contribution in [0, 0.1) is 0 Å². The number of carbonyl (C=O) groups is 1. The van der Waals surface area contributed by atoms with Gasteiger partial charge in [-0.2, -0.15) is 4.31 Å². The number of sulfonamides is 1. The number of hydrogen-bond acceptors (Lipinski definition) is 8. The second kappa shape index (κ2) is 10.4. The fraction of sp³-hybridized carbons (Fsp3) is 0.571. The number of ether oxygens (including phenoxy) is 1. The van der Waals surface area contributed by atoms with Crippen molar-refractivity contribution < 1.29 is 17.9 Å². The molecule has 180 valence electrons. The molecule has 1 atom stereocenters. The number of aromatic nitrogens is 3. The minimum Gasteiger partial charge on any atom is -0.379 e. The Kier molecular flexibility index (Phi) is 7.57. The molecule has 4 rings (SSSR count). The zero-order valence-corrected chi connectivity index (χ0v) is 20.3. The van der Waals surface area contributed by atoms with E-state index in [1.807, 2.05) is 0 Å². The number of morpholine rings is 1. The number of benzene rings is 1. The van der Waals surface area contributed by atoms with E-state index in [-0.39, 0.29) is 10.8 Å². The average molecular weight is 495 g/mol. The van der Waals surface area contributed by atoms with Crippen molar-refractivity contribution in [2.45, 2.75) is 60.2 Å². The predicted octanol–water partition coefficient (Wildman–Crippen LogP) is 2.18. The van der Waals surface area contributed by atoms with Gasteiger partial charge >= 0.3 is 0 Å². The molecular formula is C21H30N6O4S2. The number of rotatable bonds is 7. The molecule has 10 nitrogen and oxygen atoms in total. The van der Waals surface area contributed by atoms with Crippen molar-refractivity contribution in [3.8, 4) is 0 Å². The lowest BCUT2D eigenvalue weighted by atomic mass is 9.89. The molecule has 1 aromatic heterocycles. The normalized spacial score (nSPS) is 19.3. The van der Waals surface area contributed by atoms with E-state index in [0.29, 0.717) is 43.1 Å². The largest absolute Gasteiger partial charge is 0.379 e. The molecule has 0 bridgehead atoms. The maximum Gasteiger partial charge on any atom is 0.243 e. The molecular weight excluding hydrogens is 464 g/mol. The number of amides is 1. The third kappa shape index (κ3) is 5.51. The van der Waals surface area contributed by atoms with E-state index in [4.69, 9.17) is 10.6 Å². The predicted molar refractivity (Wildman–Crippen MR) is 126 cm³/mol. The Morgan fingerprint density at radius 1 is 1.15 bits per heavy atom. The van der Waals surface area contributed by atoms with Crippen LogP contribution in [0.4, 0.5) is 5.69 Å². The van der Waals surface area contributed by atoms with Gasteiger partial charge in [-0.15, -0.1) is 10.2 Å². The molecule has 1 aromatic carbocycles. The van der Waals surface area contributed by atoms with Crippen LogP contribution in [0.3, 0.4) is 0 Å². The number of anilines is 1. The first kappa shape index (κ1) is 24.0. The lowest BCUT2D eigenvalue weighted by molar-refractivity contribution is -0.115. The number of nitrogens with one attached hydrogen (secondary N) is 1. The maximum atomic E-state index is 12.7. The van der Waals surface area contributed by atoms with Gasteiger partial charge in [-0.1, -0.05) is 31.0 Å². The number of nitrogen functional groups attached to an aromatic ring is 1. The molecule has 0 spiro atoms. The summed E-state index contributed by atoms with van der Waals surface area (Å²) < 4.78 is 33.6. The molecule has 2 heterocycles. The first-order valence-corrected chi connectivity index (χ1v) is 13.5. The summed E-state index contributed by atoms with van der Waals surface area (Å²) in [5.41, 5.74) is 0.519. The summed E-state index contributed by atoms with van der Waals surface area (Å²) in [5, 5.41) is 11.3. The van der Waals surface area contributed by atoms with Gasteiger partial charge in [0.15, 0.2) is 5.82 Å². The summed E-state index contributed by atoms with van der Waals surface area (Å²) >= 11 is 1.25. The topological polar surface area (TPSA) is 132 Å². The van der Waals surface area contributed by atoms with Gasteiger partial charge < -0.3 is 15.9 Å². The molecule has 12 heteroatoms. The Morgan fingerprint density at radius 2 is 1.82 bits per heavy atom. The maximum absolute atomic E-state index is 12.7. The van der Waals surface area contributed by atoms with Crippen LogP contribution in [0.1, 0.15) is 50.8 Å². The van der Waals surface area contributed by atoms with Gasteiger partial charge in [0.1, 0.15) is 0 Å². The van der Waals surface area contributed by atoms with Crippen LogP contribution in [0.2, 0.25) is 0 Å².